The van der Waals surface area contributed by atoms with Gasteiger partial charge < -0.3 is 47.0 Å². The minimum Gasteiger partial charge on any atom is -0.351 e. The Bertz CT molecular complexity index is 2170. The summed E-state index contributed by atoms with van der Waals surface area (Å²) in [5, 5.41) is 21.5. The van der Waals surface area contributed by atoms with Gasteiger partial charge in [-0.15, -0.1) is 0 Å². The number of fused-ring (bicyclic) bond motifs is 2. The first kappa shape index (κ1) is 55.5. The first-order valence-corrected chi connectivity index (χ1v) is 26.3. The lowest BCUT2D eigenvalue weighted by Gasteiger charge is -2.36. The largest absolute Gasteiger partial charge is 0.351 e. The van der Waals surface area contributed by atoms with Gasteiger partial charge in [0.05, 0.1) is 30.2 Å². The van der Waals surface area contributed by atoms with E-state index in [4.69, 9.17) is 0 Å². The van der Waals surface area contributed by atoms with Crippen molar-refractivity contribution in [2.24, 2.45) is 16.7 Å². The predicted molar refractivity (Wildman–Crippen MR) is 275 cm³/mol. The fourth-order valence-corrected chi connectivity index (χ4v) is 10.5. The lowest BCUT2D eigenvalue weighted by atomic mass is 9.85. The molecule has 17 heteroatoms. The standard InChI is InChI=1S/C55H81N9O8/c1-11-32(2)48(67)61-46(54(4,5)6)52(71)63-28-18-24-40(63)50(69)59-44-36-22-14-12-20-34(36)30-38(44)57-42(65)26-16-17-27-43(66)58-39-31-35-21-13-15-23-37(35)45(39)60-51(70)41-25-19-29-64(41)53(72)47(55(7,8)9)62-49(68)33(3)56-10/h12-15,20-23,32-33,38-41,44-47,56H,11,16-19,24-31H2,1-10H3,(H,57,65)(H,58,66)(H,59,69)(H,60,70)(H,61,67)(H,62,68)/t32-,33+,38+,39+,40+,41+,44+,45+,46-,47-/m1/s1. The Labute approximate surface area is 426 Å². The Hall–Kier alpha value is -5.84. The van der Waals surface area contributed by atoms with E-state index in [-0.39, 0.29) is 66.0 Å². The highest BCUT2D eigenvalue weighted by atomic mass is 16.2. The highest BCUT2D eigenvalue weighted by Gasteiger charge is 2.46. The highest BCUT2D eigenvalue weighted by Crippen LogP contribution is 2.35. The molecule has 10 atom stereocenters. The third-order valence-corrected chi connectivity index (χ3v) is 15.2. The van der Waals surface area contributed by atoms with Crippen molar-refractivity contribution in [1.82, 2.24) is 47.0 Å². The molecule has 2 aromatic carbocycles. The summed E-state index contributed by atoms with van der Waals surface area (Å²) >= 11 is 0. The van der Waals surface area contributed by atoms with Crippen LogP contribution in [0, 0.1) is 16.7 Å². The van der Waals surface area contributed by atoms with Crippen LogP contribution in [0.2, 0.25) is 0 Å². The van der Waals surface area contributed by atoms with E-state index in [2.05, 4.69) is 37.2 Å². The summed E-state index contributed by atoms with van der Waals surface area (Å²) in [5.41, 5.74) is 2.62. The smallest absolute Gasteiger partial charge is 0.246 e. The molecule has 0 aromatic heterocycles. The topological polar surface area (TPSA) is 227 Å². The number of likely N-dealkylation sites (tertiary alicyclic amines) is 2. The first-order valence-electron chi connectivity index (χ1n) is 26.3. The van der Waals surface area contributed by atoms with Crippen LogP contribution in [0.25, 0.3) is 0 Å². The zero-order valence-electron chi connectivity index (χ0n) is 44.2. The molecule has 0 radical (unpaired) electrons. The van der Waals surface area contributed by atoms with Gasteiger partial charge in [-0.3, -0.25) is 38.4 Å². The lowest BCUT2D eigenvalue weighted by Crippen LogP contribution is -2.59. The molecule has 0 bridgehead atoms. The van der Waals surface area contributed by atoms with Crippen LogP contribution in [-0.4, -0.2) is 119 Å². The van der Waals surface area contributed by atoms with Gasteiger partial charge in [-0.05, 0) is 105 Å². The summed E-state index contributed by atoms with van der Waals surface area (Å²) in [6, 6.07) is 9.98. The average molecular weight is 996 g/mol. The van der Waals surface area contributed by atoms with Gasteiger partial charge in [-0.25, -0.2) is 0 Å². The van der Waals surface area contributed by atoms with E-state index in [0.717, 1.165) is 22.3 Å². The minimum atomic E-state index is -0.846. The molecule has 2 saturated heterocycles. The average Bonchev–Trinajstić information content (AvgIpc) is 4.16. The summed E-state index contributed by atoms with van der Waals surface area (Å²) in [6.07, 6.45) is 5.11. The maximum atomic E-state index is 14.2. The SMILES string of the molecule is CC[C@@H](C)C(=O)N[C@H](C(=O)N1CCC[C@H]1C(=O)N[C@H]1c2ccccc2C[C@@H]1NC(=O)CCCCC(=O)N[C@H]1Cc2ccccc2[C@@H]1NC(=O)[C@@H]1CCCN1C(=O)[C@@H](NC(=O)[C@H](C)NC)C(C)(C)C)C(C)(C)C. The molecule has 17 nitrogen and oxygen atoms in total. The van der Waals surface area contributed by atoms with Crippen LogP contribution in [0.15, 0.2) is 48.5 Å². The van der Waals surface area contributed by atoms with E-state index in [9.17, 15) is 38.4 Å². The van der Waals surface area contributed by atoms with Gasteiger partial charge in [0.2, 0.25) is 47.3 Å². The summed E-state index contributed by atoms with van der Waals surface area (Å²) in [5.74, 6) is -2.36. The number of benzene rings is 2. The Balaban J connectivity index is 1.02. The fourth-order valence-electron chi connectivity index (χ4n) is 10.5. The van der Waals surface area contributed by atoms with Gasteiger partial charge in [-0.1, -0.05) is 104 Å². The maximum absolute atomic E-state index is 14.2. The number of nitrogens with zero attached hydrogens (tertiary/aromatic N) is 2. The number of amides is 8. The van der Waals surface area contributed by atoms with Crippen LogP contribution in [-0.2, 0) is 51.2 Å². The van der Waals surface area contributed by atoms with E-state index in [1.807, 2.05) is 104 Å². The monoisotopic (exact) mass is 996 g/mol. The third-order valence-electron chi connectivity index (χ3n) is 15.2. The van der Waals surface area contributed by atoms with Crippen molar-refractivity contribution in [1.29, 1.82) is 0 Å². The van der Waals surface area contributed by atoms with Gasteiger partial charge in [0, 0.05) is 31.8 Å². The van der Waals surface area contributed by atoms with Crippen molar-refractivity contribution < 1.29 is 38.4 Å². The molecular formula is C55H81N9O8. The molecular weight excluding hydrogens is 915 g/mol. The Kier molecular flexibility index (Phi) is 18.3. The van der Waals surface area contributed by atoms with Crippen molar-refractivity contribution in [3.63, 3.8) is 0 Å². The molecule has 4 aliphatic rings. The quantitative estimate of drug-likeness (QED) is 0.101. The van der Waals surface area contributed by atoms with Gasteiger partial charge >= 0.3 is 0 Å². The Morgan fingerprint density at radius 3 is 1.39 bits per heavy atom. The molecule has 0 unspecified atom stereocenters. The van der Waals surface area contributed by atoms with Crippen LogP contribution in [0.5, 0.6) is 0 Å². The Morgan fingerprint density at radius 2 is 1.00 bits per heavy atom. The highest BCUT2D eigenvalue weighted by molar-refractivity contribution is 5.95. The first-order chi connectivity index (χ1) is 34.0. The van der Waals surface area contributed by atoms with Crippen LogP contribution < -0.4 is 37.2 Å². The van der Waals surface area contributed by atoms with E-state index < -0.39 is 65.2 Å². The van der Waals surface area contributed by atoms with Crippen LogP contribution in [0.3, 0.4) is 0 Å². The minimum absolute atomic E-state index is 0.166. The Morgan fingerprint density at radius 1 is 0.597 bits per heavy atom. The van der Waals surface area contributed by atoms with Crippen molar-refractivity contribution in [2.75, 3.05) is 20.1 Å². The normalized spacial score (nSPS) is 23.2. The molecule has 394 valence electrons. The summed E-state index contributed by atoms with van der Waals surface area (Å²) in [6.45, 7) is 17.6. The molecule has 0 spiro atoms. The second-order valence-corrected chi connectivity index (χ2v) is 22.6. The molecule has 0 saturated carbocycles. The van der Waals surface area contributed by atoms with E-state index in [1.165, 1.54) is 0 Å². The van der Waals surface area contributed by atoms with Crippen molar-refractivity contribution in [3.8, 4) is 0 Å². The predicted octanol–water partition coefficient (Wildman–Crippen LogP) is 4.04. The van der Waals surface area contributed by atoms with Gasteiger partial charge in [0.1, 0.15) is 24.2 Å². The van der Waals surface area contributed by atoms with Crippen LogP contribution >= 0.6 is 0 Å². The van der Waals surface area contributed by atoms with Crippen LogP contribution in [0.4, 0.5) is 0 Å². The number of hydrogen-bond acceptors (Lipinski definition) is 9. The van der Waals surface area contributed by atoms with E-state index in [0.29, 0.717) is 70.9 Å². The molecule has 2 aliphatic carbocycles. The second-order valence-electron chi connectivity index (χ2n) is 22.6. The third kappa shape index (κ3) is 13.2. The van der Waals surface area contributed by atoms with Gasteiger partial charge in [0.15, 0.2) is 0 Å². The number of nitrogens with one attached hydrogen (secondary N) is 7. The van der Waals surface area contributed by atoms with E-state index >= 15 is 0 Å². The number of carbonyl (C=O) groups excluding carboxylic acids is 8. The molecule has 2 fully saturated rings. The molecule has 2 heterocycles. The zero-order valence-corrected chi connectivity index (χ0v) is 44.2. The van der Waals surface area contributed by atoms with Gasteiger partial charge in [0.25, 0.3) is 0 Å². The van der Waals surface area contributed by atoms with Crippen molar-refractivity contribution in [2.45, 2.75) is 187 Å². The number of unbranched alkanes of at least 4 members (excludes halogenated alkanes) is 1. The lowest BCUT2D eigenvalue weighted by molar-refractivity contribution is -0.144. The summed E-state index contributed by atoms with van der Waals surface area (Å²) in [4.78, 5) is 113. The molecule has 7 N–H and O–H groups in total. The van der Waals surface area contributed by atoms with Crippen molar-refractivity contribution >= 4 is 47.3 Å². The zero-order chi connectivity index (χ0) is 52.7. The van der Waals surface area contributed by atoms with Gasteiger partial charge in [-0.2, -0.15) is 0 Å². The molecule has 2 aromatic rings. The number of carbonyl (C=O) groups is 8. The maximum Gasteiger partial charge on any atom is 0.246 e. The summed E-state index contributed by atoms with van der Waals surface area (Å²) < 4.78 is 0. The molecule has 6 rings (SSSR count). The molecule has 2 aliphatic heterocycles. The number of rotatable bonds is 19. The molecule has 8 amide bonds. The number of hydrogen-bond donors (Lipinski definition) is 7. The number of likely N-dealkylation sites (N-methyl/N-ethyl adjacent to an activating group) is 1. The second kappa shape index (κ2) is 23.8. The van der Waals surface area contributed by atoms with E-state index in [1.54, 1.807) is 23.8 Å². The van der Waals surface area contributed by atoms with Crippen LogP contribution in [0.1, 0.15) is 154 Å². The molecule has 72 heavy (non-hydrogen) atoms. The fraction of sp³-hybridized carbons (Fsp3) is 0.636. The summed E-state index contributed by atoms with van der Waals surface area (Å²) in [7, 11) is 1.68. The van der Waals surface area contributed by atoms with Crippen molar-refractivity contribution in [3.05, 3.63) is 70.8 Å².